The van der Waals surface area contributed by atoms with E-state index in [-0.39, 0.29) is 17.9 Å². The molecule has 4 rings (SSSR count). The summed E-state index contributed by atoms with van der Waals surface area (Å²) in [6.45, 7) is 2.10. The summed E-state index contributed by atoms with van der Waals surface area (Å²) in [7, 11) is 3.45. The third kappa shape index (κ3) is 5.69. The first-order valence-electron chi connectivity index (χ1n) is 10.3. The summed E-state index contributed by atoms with van der Waals surface area (Å²) in [5.41, 5.74) is 5.28. The molecule has 166 valence electrons. The minimum absolute atomic E-state index is 0. The average molecular weight is 443 g/mol. The van der Waals surface area contributed by atoms with Gasteiger partial charge in [0, 0.05) is 42.6 Å². The van der Waals surface area contributed by atoms with E-state index in [1.54, 1.807) is 14.2 Å². The third-order valence-corrected chi connectivity index (χ3v) is 5.64. The minimum atomic E-state index is 0. The number of fused-ring (bicyclic) bond motifs is 2. The van der Waals surface area contributed by atoms with Crippen LogP contribution in [0.1, 0.15) is 24.0 Å². The lowest BCUT2D eigenvalue weighted by molar-refractivity contribution is -0.440. The molecule has 0 bridgehead atoms. The molecule has 0 radical (unpaired) electrons. The molecule has 0 atom stereocenters. The molecule has 2 aromatic rings. The maximum Gasteiger partial charge on any atom is 0.208 e. The van der Waals surface area contributed by atoms with Crippen LogP contribution in [0.5, 0.6) is 11.5 Å². The summed E-state index contributed by atoms with van der Waals surface area (Å²) in [4.78, 5) is 2.32. The van der Waals surface area contributed by atoms with Gasteiger partial charge in [-0.2, -0.15) is 4.58 Å². The number of methoxy groups -OCH3 is 2. The highest BCUT2D eigenvalue weighted by atomic mass is 35.5. The van der Waals surface area contributed by atoms with Crippen LogP contribution in [-0.4, -0.2) is 43.6 Å². The third-order valence-electron chi connectivity index (χ3n) is 5.64. The molecule has 0 aromatic heterocycles. The van der Waals surface area contributed by atoms with Gasteiger partial charge in [-0.25, -0.2) is 0 Å². The van der Waals surface area contributed by atoms with Crippen molar-refractivity contribution in [3.05, 3.63) is 72.0 Å². The van der Waals surface area contributed by atoms with Crippen LogP contribution >= 0.6 is 0 Å². The number of allylic oxidation sites excluding steroid dienone is 3. The molecule has 5 nitrogen and oxygen atoms in total. The SMILES string of the molecule is COc1ccc2c(c1)CCCN2C=CC=CC=[N+]1CCCc2cc(OC)ccc21.O.[Cl-]. The maximum absolute atomic E-state index is 5.36. The molecule has 0 fully saturated rings. The Hall–Kier alpha value is -2.76. The van der Waals surface area contributed by atoms with Gasteiger partial charge in [-0.05, 0) is 61.2 Å². The molecule has 0 saturated heterocycles. The minimum Gasteiger partial charge on any atom is -1.00 e. The lowest BCUT2D eigenvalue weighted by Gasteiger charge is -2.28. The van der Waals surface area contributed by atoms with Crippen LogP contribution in [0, 0.1) is 0 Å². The monoisotopic (exact) mass is 442 g/mol. The first kappa shape index (κ1) is 24.5. The molecule has 2 heterocycles. The van der Waals surface area contributed by atoms with Crippen molar-refractivity contribution in [2.75, 3.05) is 32.2 Å². The summed E-state index contributed by atoms with van der Waals surface area (Å²) in [6, 6.07) is 12.7. The smallest absolute Gasteiger partial charge is 0.208 e. The van der Waals surface area contributed by atoms with Gasteiger partial charge < -0.3 is 32.3 Å². The fourth-order valence-electron chi connectivity index (χ4n) is 4.14. The molecular formula is C25H31ClN2O3. The molecule has 2 N–H and O–H groups in total. The number of halogens is 1. The Morgan fingerprint density at radius 3 is 2.35 bits per heavy atom. The van der Waals surface area contributed by atoms with E-state index in [2.05, 4.69) is 64.4 Å². The largest absolute Gasteiger partial charge is 1.00 e. The number of aryl methyl sites for hydroxylation is 2. The Morgan fingerprint density at radius 1 is 0.871 bits per heavy atom. The average Bonchev–Trinajstić information content (AvgIpc) is 2.78. The predicted octanol–water partition coefficient (Wildman–Crippen LogP) is 1.07. The summed E-state index contributed by atoms with van der Waals surface area (Å²) >= 11 is 0. The summed E-state index contributed by atoms with van der Waals surface area (Å²) in [5, 5.41) is 0. The number of hydrogen-bond donors (Lipinski definition) is 0. The molecule has 0 aliphatic carbocycles. The van der Waals surface area contributed by atoms with Crippen molar-refractivity contribution < 1.29 is 31.9 Å². The molecule has 0 saturated carbocycles. The van der Waals surface area contributed by atoms with Gasteiger partial charge in [-0.15, -0.1) is 0 Å². The highest BCUT2D eigenvalue weighted by Gasteiger charge is 2.20. The van der Waals surface area contributed by atoms with Gasteiger partial charge in [-0.3, -0.25) is 0 Å². The summed E-state index contributed by atoms with van der Waals surface area (Å²) < 4.78 is 13.0. The highest BCUT2D eigenvalue weighted by Crippen LogP contribution is 2.31. The van der Waals surface area contributed by atoms with Crippen LogP contribution in [-0.2, 0) is 12.8 Å². The van der Waals surface area contributed by atoms with Crippen molar-refractivity contribution in [1.29, 1.82) is 0 Å². The molecule has 0 unspecified atom stereocenters. The quantitative estimate of drug-likeness (QED) is 0.514. The highest BCUT2D eigenvalue weighted by molar-refractivity contribution is 5.69. The number of hydrogen-bond acceptors (Lipinski definition) is 3. The van der Waals surface area contributed by atoms with Crippen LogP contribution in [0.2, 0.25) is 0 Å². The number of rotatable bonds is 5. The zero-order valence-corrected chi connectivity index (χ0v) is 18.9. The normalized spacial score (nSPS) is 16.5. The van der Waals surface area contributed by atoms with Gasteiger partial charge in [0.1, 0.15) is 18.0 Å². The standard InChI is InChI=1S/C25H29N2O2.ClH.H2O/c1-28-22-10-12-24-20(18-22)8-6-16-26(24)14-4-3-5-15-27-17-7-9-21-19-23(29-2)11-13-25(21)27;;/h3-5,10-15,18-19H,6-9,16-17H2,1-2H3;1H;1H2/q+1;;/p-1. The first-order valence-corrected chi connectivity index (χ1v) is 10.3. The van der Waals surface area contributed by atoms with E-state index in [0.717, 1.165) is 50.3 Å². The van der Waals surface area contributed by atoms with Crippen LogP contribution < -0.4 is 26.8 Å². The van der Waals surface area contributed by atoms with Gasteiger partial charge >= 0.3 is 0 Å². The molecule has 0 amide bonds. The second-order valence-corrected chi connectivity index (χ2v) is 7.46. The fourth-order valence-corrected chi connectivity index (χ4v) is 4.14. The second-order valence-electron chi connectivity index (χ2n) is 7.46. The first-order chi connectivity index (χ1) is 14.3. The van der Waals surface area contributed by atoms with Crippen molar-refractivity contribution in [3.63, 3.8) is 0 Å². The van der Waals surface area contributed by atoms with Crippen molar-refractivity contribution in [1.82, 2.24) is 0 Å². The Labute approximate surface area is 191 Å². The number of nitrogens with zero attached hydrogens (tertiary/aromatic N) is 2. The second kappa shape index (κ2) is 11.6. The Kier molecular flexibility index (Phi) is 9.16. The number of benzene rings is 2. The molecule has 2 aliphatic rings. The van der Waals surface area contributed by atoms with Gasteiger partial charge in [-0.1, -0.05) is 6.08 Å². The van der Waals surface area contributed by atoms with Gasteiger partial charge in [0.05, 0.1) is 14.2 Å². The molecule has 6 heteroatoms. The molecular weight excluding hydrogens is 412 g/mol. The van der Waals surface area contributed by atoms with E-state index in [1.807, 2.05) is 12.1 Å². The zero-order valence-electron chi connectivity index (χ0n) is 18.2. The van der Waals surface area contributed by atoms with Gasteiger partial charge in [0.2, 0.25) is 5.69 Å². The van der Waals surface area contributed by atoms with Crippen LogP contribution in [0.25, 0.3) is 0 Å². The Balaban J connectivity index is 0.00000171. The van der Waals surface area contributed by atoms with E-state index >= 15 is 0 Å². The molecule has 2 aliphatic heterocycles. The molecule has 2 aromatic carbocycles. The Bertz CT molecular complexity index is 969. The maximum atomic E-state index is 5.36. The van der Waals surface area contributed by atoms with Crippen LogP contribution in [0.4, 0.5) is 11.4 Å². The predicted molar refractivity (Wildman–Crippen MR) is 123 cm³/mol. The summed E-state index contributed by atoms with van der Waals surface area (Å²) in [6.07, 6.45) is 15.2. The van der Waals surface area contributed by atoms with E-state index in [4.69, 9.17) is 9.47 Å². The molecule has 0 spiro atoms. The topological polar surface area (TPSA) is 56.2 Å². The van der Waals surface area contributed by atoms with Gasteiger partial charge in [0.25, 0.3) is 0 Å². The lowest BCUT2D eigenvalue weighted by atomic mass is 10.0. The van der Waals surface area contributed by atoms with Crippen LogP contribution in [0.3, 0.4) is 0 Å². The van der Waals surface area contributed by atoms with Crippen molar-refractivity contribution in [2.45, 2.75) is 25.7 Å². The zero-order chi connectivity index (χ0) is 20.1. The lowest BCUT2D eigenvalue weighted by Crippen LogP contribution is -3.00. The van der Waals surface area contributed by atoms with Gasteiger partial charge in [0.15, 0.2) is 6.21 Å². The number of anilines is 1. The molecule has 31 heavy (non-hydrogen) atoms. The number of ether oxygens (including phenoxy) is 2. The van der Waals surface area contributed by atoms with E-state index < -0.39 is 0 Å². The van der Waals surface area contributed by atoms with Crippen molar-refractivity contribution in [2.24, 2.45) is 0 Å². The van der Waals surface area contributed by atoms with E-state index in [1.165, 1.54) is 22.5 Å². The van der Waals surface area contributed by atoms with E-state index in [0.29, 0.717) is 0 Å². The Morgan fingerprint density at radius 2 is 1.58 bits per heavy atom. The van der Waals surface area contributed by atoms with Crippen molar-refractivity contribution in [3.8, 4) is 11.5 Å². The fraction of sp³-hybridized carbons (Fsp3) is 0.320. The van der Waals surface area contributed by atoms with Crippen LogP contribution in [0.15, 0.2) is 60.8 Å². The summed E-state index contributed by atoms with van der Waals surface area (Å²) in [5.74, 6) is 1.87. The van der Waals surface area contributed by atoms with E-state index in [9.17, 15) is 0 Å². The van der Waals surface area contributed by atoms with Crippen molar-refractivity contribution >= 4 is 17.6 Å².